The van der Waals surface area contributed by atoms with Gasteiger partial charge in [0.25, 0.3) is 5.91 Å². The van der Waals surface area contributed by atoms with Gasteiger partial charge in [0.1, 0.15) is 5.69 Å². The molecular formula is C17H16N4O. The van der Waals surface area contributed by atoms with Gasteiger partial charge < -0.3 is 10.3 Å². The third-order valence-corrected chi connectivity index (χ3v) is 4.17. The van der Waals surface area contributed by atoms with Crippen molar-refractivity contribution in [3.8, 4) is 12.1 Å². The fourth-order valence-electron chi connectivity index (χ4n) is 3.03. The predicted molar refractivity (Wildman–Crippen MR) is 82.1 cm³/mol. The summed E-state index contributed by atoms with van der Waals surface area (Å²) in [4.78, 5) is 15.4. The van der Waals surface area contributed by atoms with Crippen LogP contribution >= 0.6 is 0 Å². The number of fused-ring (bicyclic) bond motifs is 1. The standard InChI is InChI=1S/C17H16N4O/c18-9-11-6-12(10-19)14-8-16(21-15(14)7-11)17(22)20-13-4-2-1-3-5-13/h6-8,13,21H,1-5H2,(H,20,22). The molecule has 1 aliphatic carbocycles. The predicted octanol–water partition coefficient (Wildman–Crippen LogP) is 2.97. The number of hydrogen-bond acceptors (Lipinski definition) is 3. The fourth-order valence-corrected chi connectivity index (χ4v) is 3.03. The molecule has 2 aromatic rings. The van der Waals surface area contributed by atoms with E-state index in [0.29, 0.717) is 27.7 Å². The number of aromatic nitrogens is 1. The zero-order chi connectivity index (χ0) is 15.5. The zero-order valence-corrected chi connectivity index (χ0v) is 12.1. The molecule has 1 amide bonds. The van der Waals surface area contributed by atoms with Gasteiger partial charge in [-0.05, 0) is 31.0 Å². The SMILES string of the molecule is N#Cc1cc(C#N)c2cc(C(=O)NC3CCCCC3)[nH]c2c1. The number of aromatic amines is 1. The average Bonchev–Trinajstić information content (AvgIpc) is 2.99. The summed E-state index contributed by atoms with van der Waals surface area (Å²) in [7, 11) is 0. The van der Waals surface area contributed by atoms with E-state index in [0.717, 1.165) is 25.7 Å². The van der Waals surface area contributed by atoms with Crippen LogP contribution in [0.2, 0.25) is 0 Å². The van der Waals surface area contributed by atoms with Crippen molar-refractivity contribution in [3.05, 3.63) is 35.0 Å². The first kappa shape index (κ1) is 14.2. The smallest absolute Gasteiger partial charge is 0.267 e. The molecule has 1 aromatic heterocycles. The van der Waals surface area contributed by atoms with E-state index in [1.54, 1.807) is 18.2 Å². The van der Waals surface area contributed by atoms with Gasteiger partial charge in [-0.25, -0.2) is 0 Å². The van der Waals surface area contributed by atoms with Crippen LogP contribution in [-0.4, -0.2) is 16.9 Å². The lowest BCUT2D eigenvalue weighted by atomic mass is 9.95. The van der Waals surface area contributed by atoms with Crippen LogP contribution in [0.15, 0.2) is 18.2 Å². The van der Waals surface area contributed by atoms with Crippen LogP contribution in [0.5, 0.6) is 0 Å². The normalized spacial score (nSPS) is 15.2. The molecular weight excluding hydrogens is 276 g/mol. The molecule has 1 aromatic carbocycles. The summed E-state index contributed by atoms with van der Waals surface area (Å²) in [6.07, 6.45) is 5.59. The Balaban J connectivity index is 1.90. The van der Waals surface area contributed by atoms with E-state index in [2.05, 4.69) is 16.4 Å². The summed E-state index contributed by atoms with van der Waals surface area (Å²) in [5, 5.41) is 21.9. The molecule has 3 rings (SSSR count). The van der Waals surface area contributed by atoms with Gasteiger partial charge in [-0.1, -0.05) is 19.3 Å². The molecule has 1 aliphatic rings. The summed E-state index contributed by atoms with van der Waals surface area (Å²) in [5.74, 6) is -0.148. The third kappa shape index (κ3) is 2.66. The molecule has 0 atom stereocenters. The third-order valence-electron chi connectivity index (χ3n) is 4.17. The number of H-pyrrole nitrogens is 1. The van der Waals surface area contributed by atoms with Crippen molar-refractivity contribution in [2.24, 2.45) is 0 Å². The Hall–Kier alpha value is -2.79. The number of carbonyl (C=O) groups excluding carboxylic acids is 1. The first-order chi connectivity index (χ1) is 10.7. The minimum atomic E-state index is -0.148. The largest absolute Gasteiger partial charge is 0.350 e. The monoisotopic (exact) mass is 292 g/mol. The van der Waals surface area contributed by atoms with Crippen LogP contribution in [0.3, 0.4) is 0 Å². The number of nitriles is 2. The number of rotatable bonds is 2. The van der Waals surface area contributed by atoms with Gasteiger partial charge in [-0.2, -0.15) is 10.5 Å². The highest BCUT2D eigenvalue weighted by Crippen LogP contribution is 2.22. The molecule has 22 heavy (non-hydrogen) atoms. The van der Waals surface area contributed by atoms with Crippen molar-refractivity contribution < 1.29 is 4.79 Å². The maximum absolute atomic E-state index is 12.3. The molecule has 0 saturated heterocycles. The Kier molecular flexibility index (Phi) is 3.80. The molecule has 1 heterocycles. The van der Waals surface area contributed by atoms with Crippen LogP contribution in [0, 0.1) is 22.7 Å². The highest BCUT2D eigenvalue weighted by molar-refractivity contribution is 5.99. The molecule has 0 aliphatic heterocycles. The lowest BCUT2D eigenvalue weighted by Gasteiger charge is -2.22. The molecule has 1 fully saturated rings. The quantitative estimate of drug-likeness (QED) is 0.891. The maximum atomic E-state index is 12.3. The Labute approximate surface area is 128 Å². The van der Waals surface area contributed by atoms with E-state index in [-0.39, 0.29) is 11.9 Å². The van der Waals surface area contributed by atoms with E-state index in [4.69, 9.17) is 5.26 Å². The molecule has 5 nitrogen and oxygen atoms in total. The van der Waals surface area contributed by atoms with Crippen LogP contribution in [0.25, 0.3) is 10.9 Å². The van der Waals surface area contributed by atoms with Crippen molar-refractivity contribution in [3.63, 3.8) is 0 Å². The number of nitrogens with one attached hydrogen (secondary N) is 2. The summed E-state index contributed by atoms with van der Waals surface area (Å²) in [6.45, 7) is 0. The summed E-state index contributed by atoms with van der Waals surface area (Å²) in [6, 6.07) is 9.22. The van der Waals surface area contributed by atoms with Gasteiger partial charge in [-0.3, -0.25) is 4.79 Å². The van der Waals surface area contributed by atoms with Crippen molar-refractivity contribution in [2.45, 2.75) is 38.1 Å². The van der Waals surface area contributed by atoms with Crippen molar-refractivity contribution in [2.75, 3.05) is 0 Å². The topological polar surface area (TPSA) is 92.5 Å². The van der Waals surface area contributed by atoms with Gasteiger partial charge in [-0.15, -0.1) is 0 Å². The molecule has 5 heteroatoms. The van der Waals surface area contributed by atoms with Crippen molar-refractivity contribution in [1.82, 2.24) is 10.3 Å². The van der Waals surface area contributed by atoms with Crippen LogP contribution in [-0.2, 0) is 0 Å². The van der Waals surface area contributed by atoms with Gasteiger partial charge in [0.15, 0.2) is 0 Å². The first-order valence-corrected chi connectivity index (χ1v) is 7.49. The summed E-state index contributed by atoms with van der Waals surface area (Å²) in [5.41, 5.74) is 1.89. The van der Waals surface area contributed by atoms with Crippen LogP contribution in [0.4, 0.5) is 0 Å². The number of amides is 1. The second-order valence-corrected chi connectivity index (χ2v) is 5.70. The molecule has 0 bridgehead atoms. The van der Waals surface area contributed by atoms with E-state index >= 15 is 0 Å². The molecule has 0 spiro atoms. The van der Waals surface area contributed by atoms with Gasteiger partial charge in [0, 0.05) is 16.9 Å². The van der Waals surface area contributed by atoms with Gasteiger partial charge >= 0.3 is 0 Å². The number of carbonyl (C=O) groups is 1. The highest BCUT2D eigenvalue weighted by atomic mass is 16.1. The Morgan fingerprint density at radius 3 is 2.59 bits per heavy atom. The van der Waals surface area contributed by atoms with Crippen LogP contribution < -0.4 is 5.32 Å². The summed E-state index contributed by atoms with van der Waals surface area (Å²) >= 11 is 0. The molecule has 2 N–H and O–H groups in total. The first-order valence-electron chi connectivity index (χ1n) is 7.49. The van der Waals surface area contributed by atoms with Gasteiger partial charge in [0.2, 0.25) is 0 Å². The molecule has 0 unspecified atom stereocenters. The number of benzene rings is 1. The van der Waals surface area contributed by atoms with E-state index in [1.165, 1.54) is 6.42 Å². The second kappa shape index (κ2) is 5.91. The van der Waals surface area contributed by atoms with Crippen molar-refractivity contribution in [1.29, 1.82) is 10.5 Å². The Morgan fingerprint density at radius 2 is 1.91 bits per heavy atom. The number of hydrogen-bond donors (Lipinski definition) is 2. The molecule has 1 saturated carbocycles. The summed E-state index contributed by atoms with van der Waals surface area (Å²) < 4.78 is 0. The lowest BCUT2D eigenvalue weighted by Crippen LogP contribution is -2.36. The maximum Gasteiger partial charge on any atom is 0.267 e. The average molecular weight is 292 g/mol. The Bertz CT molecular complexity index is 800. The highest BCUT2D eigenvalue weighted by Gasteiger charge is 2.18. The van der Waals surface area contributed by atoms with E-state index < -0.39 is 0 Å². The Morgan fingerprint density at radius 1 is 1.14 bits per heavy atom. The van der Waals surface area contributed by atoms with Crippen molar-refractivity contribution >= 4 is 16.8 Å². The minimum absolute atomic E-state index is 0.148. The fraction of sp³-hybridized carbons (Fsp3) is 0.353. The molecule has 110 valence electrons. The van der Waals surface area contributed by atoms with Gasteiger partial charge in [0.05, 0.1) is 23.3 Å². The van der Waals surface area contributed by atoms with Crippen LogP contribution in [0.1, 0.15) is 53.7 Å². The number of nitrogens with zero attached hydrogens (tertiary/aromatic N) is 2. The lowest BCUT2D eigenvalue weighted by molar-refractivity contribution is 0.0923. The molecule has 0 radical (unpaired) electrons. The van der Waals surface area contributed by atoms with E-state index in [9.17, 15) is 10.1 Å². The zero-order valence-electron chi connectivity index (χ0n) is 12.1. The van der Waals surface area contributed by atoms with E-state index in [1.807, 2.05) is 6.07 Å². The second-order valence-electron chi connectivity index (χ2n) is 5.70. The minimum Gasteiger partial charge on any atom is -0.350 e.